The molecule has 2 aromatic carbocycles. The lowest BCUT2D eigenvalue weighted by atomic mass is 10.00. The van der Waals surface area contributed by atoms with E-state index in [2.05, 4.69) is 25.3 Å². The van der Waals surface area contributed by atoms with Crippen molar-refractivity contribution in [1.29, 1.82) is 0 Å². The molecule has 0 N–H and O–H groups in total. The van der Waals surface area contributed by atoms with Gasteiger partial charge in [-0.05, 0) is 65.6 Å². The van der Waals surface area contributed by atoms with Gasteiger partial charge in [-0.25, -0.2) is 0 Å². The van der Waals surface area contributed by atoms with Gasteiger partial charge in [0, 0.05) is 23.0 Å². The number of carbonyl (C=O) groups excluding carboxylic acids is 2. The van der Waals surface area contributed by atoms with Crippen LogP contribution in [0, 0.1) is 12.8 Å². The molecule has 3 aromatic rings. The maximum Gasteiger partial charge on any atom is 0.242 e. The first kappa shape index (κ1) is 27.2. The quantitative estimate of drug-likeness (QED) is 0.303. The number of hydrogen-bond donors (Lipinski definition) is 0. The zero-order valence-electron chi connectivity index (χ0n) is 21.8. The number of hydrogen-bond acceptors (Lipinski definition) is 4. The van der Waals surface area contributed by atoms with Gasteiger partial charge < -0.3 is 14.5 Å². The Bertz CT molecular complexity index is 1210. The summed E-state index contributed by atoms with van der Waals surface area (Å²) in [7, 11) is 0. The van der Waals surface area contributed by atoms with Crippen molar-refractivity contribution in [3.8, 4) is 5.75 Å². The number of rotatable bonds is 10. The first-order valence-electron chi connectivity index (χ1n) is 12.9. The standard InChI is InChI=1S/C30H35ClN2O3S/c1-4-21(2)18-32(29(34)17-23-8-6-5-7-9-23)19-30(35)33-14-12-28-25(13-15-37-28)27(33)20-36-24-10-11-26(31)22(3)16-24/h5-11,13,15-16,21,27H,4,12,14,17-20H2,1-3H3/t21-,27-/m0/s1. The lowest BCUT2D eigenvalue weighted by molar-refractivity contribution is -0.143. The third-order valence-corrected chi connectivity index (χ3v) is 8.48. The minimum absolute atomic E-state index is 0.0162. The molecule has 0 saturated heterocycles. The van der Waals surface area contributed by atoms with Crippen LogP contribution in [0.5, 0.6) is 5.75 Å². The largest absolute Gasteiger partial charge is 0.491 e. The van der Waals surface area contributed by atoms with Crippen molar-refractivity contribution in [2.24, 2.45) is 5.92 Å². The molecular weight excluding hydrogens is 504 g/mol. The Hall–Kier alpha value is -2.83. The van der Waals surface area contributed by atoms with Gasteiger partial charge in [-0.1, -0.05) is 62.2 Å². The highest BCUT2D eigenvalue weighted by Gasteiger charge is 2.33. The summed E-state index contributed by atoms with van der Waals surface area (Å²) in [6.07, 6.45) is 2.06. The van der Waals surface area contributed by atoms with Crippen LogP contribution in [0.15, 0.2) is 60.0 Å². The van der Waals surface area contributed by atoms with Gasteiger partial charge in [0.15, 0.2) is 0 Å². The van der Waals surface area contributed by atoms with Crippen LogP contribution in [0.2, 0.25) is 5.02 Å². The molecule has 7 heteroatoms. The van der Waals surface area contributed by atoms with Gasteiger partial charge in [-0.3, -0.25) is 9.59 Å². The van der Waals surface area contributed by atoms with Crippen LogP contribution in [-0.2, 0) is 22.4 Å². The topological polar surface area (TPSA) is 49.9 Å². The molecule has 2 atom stereocenters. The lowest BCUT2D eigenvalue weighted by Gasteiger charge is -2.37. The number of amides is 2. The Kier molecular flexibility index (Phi) is 9.28. The number of fused-ring (bicyclic) bond motifs is 1. The molecule has 0 unspecified atom stereocenters. The van der Waals surface area contributed by atoms with Crippen LogP contribution in [-0.4, -0.2) is 47.9 Å². The molecule has 0 saturated carbocycles. The molecule has 0 radical (unpaired) electrons. The number of carbonyl (C=O) groups is 2. The average Bonchev–Trinajstić information content (AvgIpc) is 3.38. The molecule has 0 fully saturated rings. The maximum absolute atomic E-state index is 13.7. The van der Waals surface area contributed by atoms with E-state index in [1.165, 1.54) is 4.88 Å². The number of nitrogens with zero attached hydrogens (tertiary/aromatic N) is 2. The summed E-state index contributed by atoms with van der Waals surface area (Å²) < 4.78 is 6.17. The number of thiophene rings is 1. The second-order valence-corrected chi connectivity index (χ2v) is 11.2. The van der Waals surface area contributed by atoms with Crippen LogP contribution in [0.4, 0.5) is 0 Å². The predicted molar refractivity (Wildman–Crippen MR) is 150 cm³/mol. The molecule has 1 aromatic heterocycles. The van der Waals surface area contributed by atoms with Crippen LogP contribution >= 0.6 is 22.9 Å². The molecule has 1 aliphatic heterocycles. The van der Waals surface area contributed by atoms with Gasteiger partial charge in [0.05, 0.1) is 19.0 Å². The third kappa shape index (κ3) is 6.93. The van der Waals surface area contributed by atoms with Crippen molar-refractivity contribution in [3.05, 3.63) is 86.6 Å². The van der Waals surface area contributed by atoms with Crippen LogP contribution in [0.1, 0.15) is 47.9 Å². The van der Waals surface area contributed by atoms with Crippen molar-refractivity contribution >= 4 is 34.8 Å². The molecule has 0 spiro atoms. The fourth-order valence-corrected chi connectivity index (χ4v) is 5.70. The second-order valence-electron chi connectivity index (χ2n) is 9.82. The first-order valence-corrected chi connectivity index (χ1v) is 14.2. The highest BCUT2D eigenvalue weighted by atomic mass is 35.5. The number of halogens is 1. The van der Waals surface area contributed by atoms with Gasteiger partial charge in [0.1, 0.15) is 12.4 Å². The van der Waals surface area contributed by atoms with Crippen LogP contribution in [0.25, 0.3) is 0 Å². The van der Waals surface area contributed by atoms with Gasteiger partial charge in [-0.15, -0.1) is 11.3 Å². The molecule has 2 heterocycles. The van der Waals surface area contributed by atoms with E-state index in [-0.39, 0.29) is 24.4 Å². The van der Waals surface area contributed by atoms with Crippen LogP contribution < -0.4 is 4.74 Å². The van der Waals surface area contributed by atoms with Gasteiger partial charge in [0.25, 0.3) is 0 Å². The molecule has 0 aliphatic carbocycles. The molecule has 196 valence electrons. The summed E-state index contributed by atoms with van der Waals surface area (Å²) >= 11 is 7.90. The van der Waals surface area contributed by atoms with Gasteiger partial charge >= 0.3 is 0 Å². The summed E-state index contributed by atoms with van der Waals surface area (Å²) in [4.78, 5) is 32.0. The number of aryl methyl sites for hydroxylation is 1. The Labute approximate surface area is 229 Å². The van der Waals surface area contributed by atoms with E-state index in [4.69, 9.17) is 16.3 Å². The fourth-order valence-electron chi connectivity index (χ4n) is 4.65. The summed E-state index contributed by atoms with van der Waals surface area (Å²) in [6.45, 7) is 7.78. The fraction of sp³-hybridized carbons (Fsp3) is 0.400. The maximum atomic E-state index is 13.7. The Morgan fingerprint density at radius 3 is 2.70 bits per heavy atom. The first-order chi connectivity index (χ1) is 17.9. The average molecular weight is 539 g/mol. The molecule has 5 nitrogen and oxygen atoms in total. The number of ether oxygens (including phenoxy) is 1. The van der Waals surface area contributed by atoms with Crippen molar-refractivity contribution in [1.82, 2.24) is 9.80 Å². The van der Waals surface area contributed by atoms with E-state index in [1.807, 2.05) is 60.4 Å². The molecule has 37 heavy (non-hydrogen) atoms. The summed E-state index contributed by atoms with van der Waals surface area (Å²) in [5, 5.41) is 2.78. The van der Waals surface area contributed by atoms with Gasteiger partial charge in [0.2, 0.25) is 11.8 Å². The summed E-state index contributed by atoms with van der Waals surface area (Å²) in [5.41, 5.74) is 3.04. The molecule has 1 aliphatic rings. The van der Waals surface area contributed by atoms with E-state index in [9.17, 15) is 9.59 Å². The Morgan fingerprint density at radius 1 is 1.19 bits per heavy atom. The lowest BCUT2D eigenvalue weighted by Crippen LogP contribution is -2.48. The zero-order chi connectivity index (χ0) is 26.4. The molecule has 2 amide bonds. The van der Waals surface area contributed by atoms with Crippen molar-refractivity contribution in [3.63, 3.8) is 0 Å². The highest BCUT2D eigenvalue weighted by molar-refractivity contribution is 7.10. The van der Waals surface area contributed by atoms with E-state index in [1.54, 1.807) is 16.2 Å². The normalized spacial score (nSPS) is 15.7. The SMILES string of the molecule is CC[C@H](C)CN(CC(=O)N1CCc2sccc2[C@@H]1COc1ccc(Cl)c(C)c1)C(=O)Cc1ccccc1. The number of benzene rings is 2. The summed E-state index contributed by atoms with van der Waals surface area (Å²) in [5.74, 6) is 0.984. The van der Waals surface area contributed by atoms with Crippen LogP contribution in [0.3, 0.4) is 0 Å². The minimum atomic E-state index is -0.201. The Morgan fingerprint density at radius 2 is 1.97 bits per heavy atom. The molecule has 0 bridgehead atoms. The zero-order valence-corrected chi connectivity index (χ0v) is 23.4. The minimum Gasteiger partial charge on any atom is -0.491 e. The molecule has 4 rings (SSSR count). The van der Waals surface area contributed by atoms with Gasteiger partial charge in [-0.2, -0.15) is 0 Å². The van der Waals surface area contributed by atoms with E-state index in [0.717, 1.165) is 35.3 Å². The molecular formula is C30H35ClN2O3S. The van der Waals surface area contributed by atoms with E-state index >= 15 is 0 Å². The van der Waals surface area contributed by atoms with Crippen molar-refractivity contribution in [2.45, 2.75) is 46.1 Å². The predicted octanol–water partition coefficient (Wildman–Crippen LogP) is 6.33. The monoisotopic (exact) mass is 538 g/mol. The van der Waals surface area contributed by atoms with E-state index in [0.29, 0.717) is 37.1 Å². The summed E-state index contributed by atoms with van der Waals surface area (Å²) in [6, 6.07) is 17.2. The Balaban J connectivity index is 1.51. The van der Waals surface area contributed by atoms with Crippen molar-refractivity contribution < 1.29 is 14.3 Å². The van der Waals surface area contributed by atoms with E-state index < -0.39 is 0 Å². The van der Waals surface area contributed by atoms with Crippen molar-refractivity contribution in [2.75, 3.05) is 26.2 Å². The smallest absolute Gasteiger partial charge is 0.242 e. The highest BCUT2D eigenvalue weighted by Crippen LogP contribution is 2.34. The third-order valence-electron chi connectivity index (χ3n) is 7.06. The second kappa shape index (κ2) is 12.6.